The molecule has 0 spiro atoms. The Morgan fingerprint density at radius 3 is 2.33 bits per heavy atom. The predicted molar refractivity (Wildman–Crippen MR) is 50.8 cm³/mol. The van der Waals surface area contributed by atoms with Crippen molar-refractivity contribution >= 4 is 20.7 Å². The molecule has 0 aliphatic heterocycles. The highest BCUT2D eigenvalue weighted by molar-refractivity contribution is 7.92. The molecule has 0 aromatic carbocycles. The van der Waals surface area contributed by atoms with Crippen LogP contribution in [0.5, 0.6) is 0 Å². The van der Waals surface area contributed by atoms with Crippen LogP contribution >= 0.6 is 0 Å². The fourth-order valence-electron chi connectivity index (χ4n) is 0.938. The van der Waals surface area contributed by atoms with Crippen LogP contribution in [-0.2, 0) is 14.9 Å². The number of allylic oxidation sites excluding steroid dienone is 2. The van der Waals surface area contributed by atoms with Crippen molar-refractivity contribution in [2.45, 2.75) is 0 Å². The van der Waals surface area contributed by atoms with E-state index in [1.807, 2.05) is 0 Å². The van der Waals surface area contributed by atoms with Gasteiger partial charge in [-0.2, -0.15) is 0 Å². The van der Waals surface area contributed by atoms with Crippen molar-refractivity contribution in [3.05, 3.63) is 33.7 Å². The van der Waals surface area contributed by atoms with Gasteiger partial charge in [0.05, 0.1) is 10.6 Å². The van der Waals surface area contributed by atoms with Crippen LogP contribution in [0, 0.1) is 10.1 Å². The lowest BCUT2D eigenvalue weighted by Crippen LogP contribution is -2.26. The van der Waals surface area contributed by atoms with Crippen molar-refractivity contribution in [2.75, 3.05) is 0 Å². The fourth-order valence-corrected chi connectivity index (χ4v) is 1.57. The number of ketones is 1. The Morgan fingerprint density at radius 2 is 1.93 bits per heavy atom. The maximum atomic E-state index is 11.0. The van der Waals surface area contributed by atoms with Gasteiger partial charge in [0.2, 0.25) is 10.1 Å². The minimum Gasteiger partial charge on any atom is -0.398 e. The maximum Gasteiger partial charge on any atom is 0.317 e. The molecular weight excluding hydrogens is 228 g/mol. The number of carbonyl (C=O) groups is 1. The Labute approximate surface area is 83.9 Å². The first kappa shape index (κ1) is 11.4. The normalized spacial score (nSPS) is 17.2. The van der Waals surface area contributed by atoms with E-state index in [1.165, 1.54) is 0 Å². The molecule has 1 aliphatic rings. The third-order valence-corrected chi connectivity index (χ3v) is 2.50. The summed E-state index contributed by atoms with van der Waals surface area (Å²) in [5.74, 6) is -0.995. The van der Waals surface area contributed by atoms with Crippen molar-refractivity contribution in [2.24, 2.45) is 5.73 Å². The molecule has 1 rings (SSSR count). The number of nitro groups is 1. The minimum atomic E-state index is -4.42. The van der Waals surface area contributed by atoms with E-state index in [1.54, 1.807) is 0 Å². The van der Waals surface area contributed by atoms with Crippen LogP contribution in [0.15, 0.2) is 23.5 Å². The third-order valence-electron chi connectivity index (χ3n) is 1.57. The van der Waals surface area contributed by atoms with Crippen molar-refractivity contribution in [1.82, 2.24) is 0 Å². The molecule has 1 aliphatic carbocycles. The highest BCUT2D eigenvalue weighted by Gasteiger charge is 2.28. The molecular formula is C6H6N2O6S. The Balaban J connectivity index is 3.49. The lowest BCUT2D eigenvalue weighted by atomic mass is 10.1. The maximum absolute atomic E-state index is 11.0. The quantitative estimate of drug-likeness (QED) is 0.299. The number of hydrogen-bond acceptors (Lipinski definition) is 5. The summed E-state index contributed by atoms with van der Waals surface area (Å²) in [5, 5.41) is 10.3. The second-order valence-electron chi connectivity index (χ2n) is 2.61. The van der Waals surface area contributed by atoms with Gasteiger partial charge in [0.1, 0.15) is 4.86 Å². The van der Waals surface area contributed by atoms with Gasteiger partial charge in [-0.05, 0) is 0 Å². The summed E-state index contributed by atoms with van der Waals surface area (Å²) in [5.41, 5.74) is 3.76. The molecule has 0 bridgehead atoms. The zero-order valence-electron chi connectivity index (χ0n) is 7.11. The van der Waals surface area contributed by atoms with E-state index >= 15 is 0 Å². The van der Waals surface area contributed by atoms with Crippen LogP contribution < -0.4 is 5.73 Å². The molecule has 4 N–H and O–H groups in total. The molecule has 15 heavy (non-hydrogen) atoms. The Bertz CT molecular complexity index is 514. The molecule has 0 radical (unpaired) electrons. The SMILES string of the molecule is NC1=CC(=O)C([N+](=O)[O-])=CC1=S(=O)(O)O. The number of carbonyl (C=O) groups excluding carboxylic acids is 1. The molecule has 8 nitrogen and oxygen atoms in total. The summed E-state index contributed by atoms with van der Waals surface area (Å²) >= 11 is 0. The van der Waals surface area contributed by atoms with Crippen molar-refractivity contribution < 1.29 is 23.0 Å². The van der Waals surface area contributed by atoms with E-state index in [9.17, 15) is 19.1 Å². The molecule has 0 aromatic heterocycles. The standard InChI is InChI=1S/C6H6N2O6S/c7-3-1-5(9)4(8(10)11)2-6(3)15(12,13)14/h1-2H,7H2,(H2,12,13,14). The van der Waals surface area contributed by atoms with Gasteiger partial charge < -0.3 is 5.73 Å². The molecule has 82 valence electrons. The number of rotatable bonds is 1. The smallest absolute Gasteiger partial charge is 0.317 e. The Kier molecular flexibility index (Phi) is 2.62. The van der Waals surface area contributed by atoms with E-state index in [-0.39, 0.29) is 0 Å². The monoisotopic (exact) mass is 234 g/mol. The highest BCUT2D eigenvalue weighted by Crippen LogP contribution is 2.11. The first-order valence-corrected chi connectivity index (χ1v) is 4.94. The summed E-state index contributed by atoms with van der Waals surface area (Å²) in [4.78, 5) is 19.5. The van der Waals surface area contributed by atoms with Crippen LogP contribution in [0.4, 0.5) is 0 Å². The summed E-state index contributed by atoms with van der Waals surface area (Å²) in [7, 11) is -4.42. The molecule has 0 atom stereocenters. The van der Waals surface area contributed by atoms with Gasteiger partial charge in [-0.3, -0.25) is 24.0 Å². The largest absolute Gasteiger partial charge is 0.398 e. The highest BCUT2D eigenvalue weighted by atomic mass is 32.2. The van der Waals surface area contributed by atoms with Crippen LogP contribution in [0.25, 0.3) is 0 Å². The van der Waals surface area contributed by atoms with Gasteiger partial charge in [0.15, 0.2) is 0 Å². The molecule has 9 heteroatoms. The molecule has 0 unspecified atom stereocenters. The van der Waals surface area contributed by atoms with Crippen molar-refractivity contribution in [3.63, 3.8) is 0 Å². The second kappa shape index (κ2) is 3.46. The minimum absolute atomic E-state index is 0.472. The molecule has 0 heterocycles. The summed E-state index contributed by atoms with van der Waals surface area (Å²) in [6.45, 7) is 0. The van der Waals surface area contributed by atoms with Gasteiger partial charge in [0, 0.05) is 12.2 Å². The van der Waals surface area contributed by atoms with E-state index in [2.05, 4.69) is 0 Å². The zero-order valence-corrected chi connectivity index (χ0v) is 7.93. The number of hydrogen-bond donors (Lipinski definition) is 3. The van der Waals surface area contributed by atoms with Crippen LogP contribution in [0.3, 0.4) is 0 Å². The molecule has 0 amide bonds. The first-order chi connectivity index (χ1) is 6.73. The summed E-state index contributed by atoms with van der Waals surface area (Å²) in [6.07, 6.45) is 1.10. The molecule has 0 saturated carbocycles. The van der Waals surface area contributed by atoms with E-state index in [4.69, 9.17) is 14.8 Å². The van der Waals surface area contributed by atoms with Gasteiger partial charge in [-0.1, -0.05) is 0 Å². The molecule has 0 aromatic rings. The summed E-state index contributed by atoms with van der Waals surface area (Å²) < 4.78 is 28.3. The number of nitrogens with two attached hydrogens (primary N) is 1. The van der Waals surface area contributed by atoms with E-state index in [0.29, 0.717) is 12.2 Å². The Hall–Kier alpha value is -1.71. The molecule has 0 fully saturated rings. The second-order valence-corrected chi connectivity index (χ2v) is 4.04. The topological polar surface area (TPSA) is 144 Å². The van der Waals surface area contributed by atoms with Crippen LogP contribution in [0.1, 0.15) is 0 Å². The van der Waals surface area contributed by atoms with Gasteiger partial charge >= 0.3 is 5.70 Å². The van der Waals surface area contributed by atoms with Gasteiger partial charge in [-0.25, -0.2) is 4.21 Å². The van der Waals surface area contributed by atoms with Crippen molar-refractivity contribution in [1.29, 1.82) is 0 Å². The van der Waals surface area contributed by atoms with Crippen LogP contribution in [-0.4, -0.2) is 28.9 Å². The zero-order chi connectivity index (χ0) is 11.8. The molecule has 0 saturated heterocycles. The lowest BCUT2D eigenvalue weighted by Gasteiger charge is -2.08. The van der Waals surface area contributed by atoms with Gasteiger partial charge in [0.25, 0.3) is 5.78 Å². The van der Waals surface area contributed by atoms with Crippen LogP contribution in [0.2, 0.25) is 0 Å². The number of nitrogens with zero attached hydrogens (tertiary/aromatic N) is 1. The third kappa shape index (κ3) is 2.21. The Morgan fingerprint density at radius 1 is 1.40 bits per heavy atom. The average molecular weight is 234 g/mol. The average Bonchev–Trinajstić information content (AvgIpc) is 2.00. The fraction of sp³-hybridized carbons (Fsp3) is 0. The van der Waals surface area contributed by atoms with Gasteiger partial charge in [-0.15, -0.1) is 0 Å². The lowest BCUT2D eigenvalue weighted by molar-refractivity contribution is -0.418. The summed E-state index contributed by atoms with van der Waals surface area (Å²) in [6, 6.07) is 0. The van der Waals surface area contributed by atoms with E-state index < -0.39 is 37.0 Å². The van der Waals surface area contributed by atoms with E-state index in [0.717, 1.165) is 0 Å². The predicted octanol–water partition coefficient (Wildman–Crippen LogP) is -1.02. The first-order valence-electron chi connectivity index (χ1n) is 3.47. The van der Waals surface area contributed by atoms with Crippen molar-refractivity contribution in [3.8, 4) is 0 Å².